The zero-order valence-corrected chi connectivity index (χ0v) is 14.7. The lowest BCUT2D eigenvalue weighted by molar-refractivity contribution is 0.102. The van der Waals surface area contributed by atoms with E-state index in [-0.39, 0.29) is 5.91 Å². The molecule has 0 radical (unpaired) electrons. The molecule has 0 saturated heterocycles. The summed E-state index contributed by atoms with van der Waals surface area (Å²) in [5, 5.41) is 3.41. The van der Waals surface area contributed by atoms with E-state index in [1.165, 1.54) is 0 Å². The van der Waals surface area contributed by atoms with E-state index in [1.54, 1.807) is 12.3 Å². The number of hydrogen-bond acceptors (Lipinski definition) is 3. The van der Waals surface area contributed by atoms with E-state index in [2.05, 4.69) is 29.0 Å². The monoisotopic (exact) mass is 331 g/mol. The lowest BCUT2D eigenvalue weighted by Gasteiger charge is -2.21. The molecule has 1 amide bonds. The Kier molecular flexibility index (Phi) is 5.61. The van der Waals surface area contributed by atoms with Gasteiger partial charge in [0.2, 0.25) is 0 Å². The third kappa shape index (κ3) is 4.02. The predicted molar refractivity (Wildman–Crippen MR) is 96.7 cm³/mol. The predicted octanol–water partition coefficient (Wildman–Crippen LogP) is 4.45. The molecule has 1 N–H and O–H groups in total. The number of halogens is 1. The quantitative estimate of drug-likeness (QED) is 0.880. The van der Waals surface area contributed by atoms with Gasteiger partial charge in [0, 0.05) is 25.0 Å². The van der Waals surface area contributed by atoms with E-state index in [1.807, 2.05) is 32.0 Å². The van der Waals surface area contributed by atoms with E-state index < -0.39 is 0 Å². The molecule has 1 aromatic heterocycles. The molecule has 0 bridgehead atoms. The first-order chi connectivity index (χ1) is 11.0. The number of amides is 1. The van der Waals surface area contributed by atoms with Crippen molar-refractivity contribution >= 4 is 28.9 Å². The summed E-state index contributed by atoms with van der Waals surface area (Å²) < 4.78 is 0. The number of hydrogen-bond donors (Lipinski definition) is 1. The summed E-state index contributed by atoms with van der Waals surface area (Å²) in [4.78, 5) is 18.9. The molecule has 122 valence electrons. The SMILES string of the molecule is CCN(CC)c1ccnc(C(=O)Nc2c(C)cc(C)cc2Cl)c1. The van der Waals surface area contributed by atoms with Crippen molar-refractivity contribution < 1.29 is 4.79 Å². The first kappa shape index (κ1) is 17.3. The van der Waals surface area contributed by atoms with Crippen LogP contribution in [0.25, 0.3) is 0 Å². The molecular weight excluding hydrogens is 310 g/mol. The molecule has 5 heteroatoms. The van der Waals surface area contributed by atoms with Gasteiger partial charge < -0.3 is 10.2 Å². The highest BCUT2D eigenvalue weighted by Crippen LogP contribution is 2.28. The van der Waals surface area contributed by atoms with Gasteiger partial charge in [-0.3, -0.25) is 9.78 Å². The Labute approximate surface area is 142 Å². The Bertz CT molecular complexity index is 688. The van der Waals surface area contributed by atoms with Crippen molar-refractivity contribution in [2.75, 3.05) is 23.3 Å². The van der Waals surface area contributed by atoms with E-state index in [4.69, 9.17) is 11.6 Å². The summed E-state index contributed by atoms with van der Waals surface area (Å²) in [6.07, 6.45) is 1.66. The highest BCUT2D eigenvalue weighted by atomic mass is 35.5. The molecule has 0 aliphatic rings. The van der Waals surface area contributed by atoms with E-state index >= 15 is 0 Å². The molecule has 0 saturated carbocycles. The van der Waals surface area contributed by atoms with E-state index in [0.29, 0.717) is 16.4 Å². The van der Waals surface area contributed by atoms with Crippen LogP contribution in [0.4, 0.5) is 11.4 Å². The summed E-state index contributed by atoms with van der Waals surface area (Å²) >= 11 is 6.25. The number of aryl methyl sites for hydroxylation is 2. The van der Waals surface area contributed by atoms with Crippen molar-refractivity contribution in [2.45, 2.75) is 27.7 Å². The zero-order chi connectivity index (χ0) is 17.0. The van der Waals surface area contributed by atoms with Gasteiger partial charge in [-0.05, 0) is 57.0 Å². The van der Waals surface area contributed by atoms with Gasteiger partial charge in [0.05, 0.1) is 10.7 Å². The number of pyridine rings is 1. The average molecular weight is 332 g/mol. The number of carbonyl (C=O) groups excluding carboxylic acids is 1. The van der Waals surface area contributed by atoms with Crippen LogP contribution in [0, 0.1) is 13.8 Å². The number of benzene rings is 1. The summed E-state index contributed by atoms with van der Waals surface area (Å²) in [7, 11) is 0. The number of aromatic nitrogens is 1. The summed E-state index contributed by atoms with van der Waals surface area (Å²) in [5.74, 6) is -0.257. The second-order valence-electron chi connectivity index (χ2n) is 5.46. The molecule has 0 unspecified atom stereocenters. The third-order valence-corrected chi connectivity index (χ3v) is 4.07. The Hall–Kier alpha value is -2.07. The highest BCUT2D eigenvalue weighted by Gasteiger charge is 2.14. The normalized spacial score (nSPS) is 10.5. The maximum absolute atomic E-state index is 12.5. The fraction of sp³-hybridized carbons (Fsp3) is 0.333. The van der Waals surface area contributed by atoms with Crippen LogP contribution in [0.2, 0.25) is 5.02 Å². The maximum Gasteiger partial charge on any atom is 0.274 e. The van der Waals surface area contributed by atoms with Gasteiger partial charge in [-0.1, -0.05) is 17.7 Å². The van der Waals surface area contributed by atoms with Crippen molar-refractivity contribution in [1.29, 1.82) is 0 Å². The molecule has 0 aliphatic carbocycles. The van der Waals surface area contributed by atoms with Crippen LogP contribution in [0.15, 0.2) is 30.5 Å². The summed E-state index contributed by atoms with van der Waals surface area (Å²) in [6, 6.07) is 7.54. The largest absolute Gasteiger partial charge is 0.372 e. The fourth-order valence-electron chi connectivity index (χ4n) is 2.58. The number of nitrogens with one attached hydrogen (secondary N) is 1. The molecule has 4 nitrogen and oxygen atoms in total. The standard InChI is InChI=1S/C18H22ClN3O/c1-5-22(6-2)14-7-8-20-16(11-14)18(23)21-17-13(4)9-12(3)10-15(17)19/h7-11H,5-6H2,1-4H3,(H,21,23). The van der Waals surface area contributed by atoms with Gasteiger partial charge in [0.1, 0.15) is 5.69 Å². The van der Waals surface area contributed by atoms with Crippen molar-refractivity contribution in [1.82, 2.24) is 4.98 Å². The number of anilines is 2. The topological polar surface area (TPSA) is 45.2 Å². The first-order valence-electron chi connectivity index (χ1n) is 7.75. The summed E-state index contributed by atoms with van der Waals surface area (Å²) in [5.41, 5.74) is 4.00. The molecule has 1 heterocycles. The maximum atomic E-state index is 12.5. The van der Waals surface area contributed by atoms with E-state index in [9.17, 15) is 4.79 Å². The Balaban J connectivity index is 2.27. The van der Waals surface area contributed by atoms with Crippen molar-refractivity contribution in [2.24, 2.45) is 0 Å². The molecule has 2 aromatic rings. The van der Waals surface area contributed by atoms with Gasteiger partial charge >= 0.3 is 0 Å². The van der Waals surface area contributed by atoms with Gasteiger partial charge in [0.25, 0.3) is 5.91 Å². The Morgan fingerprint density at radius 1 is 1.22 bits per heavy atom. The van der Waals surface area contributed by atoms with Gasteiger partial charge in [0.15, 0.2) is 0 Å². The molecule has 0 aliphatic heterocycles. The Morgan fingerprint density at radius 3 is 2.52 bits per heavy atom. The molecule has 0 fully saturated rings. The first-order valence-corrected chi connectivity index (χ1v) is 8.13. The molecule has 0 atom stereocenters. The molecular formula is C18H22ClN3O. The lowest BCUT2D eigenvalue weighted by Crippen LogP contribution is -2.23. The minimum atomic E-state index is -0.257. The van der Waals surface area contributed by atoms with Crippen molar-refractivity contribution in [3.8, 4) is 0 Å². The van der Waals surface area contributed by atoms with Crippen LogP contribution < -0.4 is 10.2 Å². The second-order valence-corrected chi connectivity index (χ2v) is 5.87. The van der Waals surface area contributed by atoms with Crippen LogP contribution in [0.3, 0.4) is 0 Å². The minimum Gasteiger partial charge on any atom is -0.372 e. The Morgan fingerprint density at radius 2 is 1.91 bits per heavy atom. The molecule has 1 aromatic carbocycles. The number of rotatable bonds is 5. The van der Waals surface area contributed by atoms with Crippen molar-refractivity contribution in [3.05, 3.63) is 52.3 Å². The lowest BCUT2D eigenvalue weighted by atomic mass is 10.1. The smallest absolute Gasteiger partial charge is 0.274 e. The minimum absolute atomic E-state index is 0.257. The molecule has 2 rings (SSSR count). The van der Waals surface area contributed by atoms with Crippen LogP contribution in [-0.4, -0.2) is 24.0 Å². The highest BCUT2D eigenvalue weighted by molar-refractivity contribution is 6.34. The number of nitrogens with zero attached hydrogens (tertiary/aromatic N) is 2. The van der Waals surface area contributed by atoms with Crippen molar-refractivity contribution in [3.63, 3.8) is 0 Å². The van der Waals surface area contributed by atoms with Crippen LogP contribution in [0.5, 0.6) is 0 Å². The molecule has 23 heavy (non-hydrogen) atoms. The second kappa shape index (κ2) is 7.47. The fourth-order valence-corrected chi connectivity index (χ4v) is 2.95. The van der Waals surface area contributed by atoms with Crippen LogP contribution in [0.1, 0.15) is 35.5 Å². The van der Waals surface area contributed by atoms with Crippen LogP contribution >= 0.6 is 11.6 Å². The number of carbonyl (C=O) groups is 1. The third-order valence-electron chi connectivity index (χ3n) is 3.78. The van der Waals surface area contributed by atoms with E-state index in [0.717, 1.165) is 29.9 Å². The van der Waals surface area contributed by atoms with Gasteiger partial charge in [-0.15, -0.1) is 0 Å². The van der Waals surface area contributed by atoms with Crippen LogP contribution in [-0.2, 0) is 0 Å². The zero-order valence-electron chi connectivity index (χ0n) is 14.0. The van der Waals surface area contributed by atoms with Gasteiger partial charge in [-0.2, -0.15) is 0 Å². The summed E-state index contributed by atoms with van der Waals surface area (Å²) in [6.45, 7) is 9.82. The van der Waals surface area contributed by atoms with Gasteiger partial charge in [-0.25, -0.2) is 0 Å². The molecule has 0 spiro atoms. The average Bonchev–Trinajstić information content (AvgIpc) is 2.52.